The van der Waals surface area contributed by atoms with Gasteiger partial charge in [0.2, 0.25) is 0 Å². The van der Waals surface area contributed by atoms with E-state index in [-0.39, 0.29) is 0 Å². The fourth-order valence-electron chi connectivity index (χ4n) is 3.18. The first-order chi connectivity index (χ1) is 13.6. The van der Waals surface area contributed by atoms with E-state index in [1.165, 1.54) is 0 Å². The lowest BCUT2D eigenvalue weighted by Gasteiger charge is -2.14. The van der Waals surface area contributed by atoms with Crippen LogP contribution in [0.2, 0.25) is 10.0 Å². The van der Waals surface area contributed by atoms with Crippen LogP contribution in [0.5, 0.6) is 5.75 Å². The second-order valence-electron chi connectivity index (χ2n) is 6.28. The molecule has 0 spiro atoms. The van der Waals surface area contributed by atoms with Gasteiger partial charge < -0.3 is 4.74 Å². The molecule has 0 aliphatic rings. The Balaban J connectivity index is 1.83. The van der Waals surface area contributed by atoms with Gasteiger partial charge in [0.1, 0.15) is 11.6 Å². The van der Waals surface area contributed by atoms with Crippen molar-refractivity contribution in [2.24, 2.45) is 0 Å². The molecular weight excluding hydrogens is 393 g/mol. The zero-order chi connectivity index (χ0) is 19.7. The molecule has 0 fully saturated rings. The van der Waals surface area contributed by atoms with Crippen molar-refractivity contribution in [2.75, 3.05) is 7.11 Å². The maximum absolute atomic E-state index is 6.65. The molecule has 4 rings (SSSR count). The lowest BCUT2D eigenvalue weighted by molar-refractivity contribution is 0.412. The SMILES string of the molecule is COc1ccccc1-n1c(C)nnc1-c1ccc(-c2cccc(Cl)c2)cc1Cl. The first-order valence-electron chi connectivity index (χ1n) is 8.70. The van der Waals surface area contributed by atoms with E-state index < -0.39 is 0 Å². The summed E-state index contributed by atoms with van der Waals surface area (Å²) in [5, 5.41) is 9.90. The Morgan fingerprint density at radius 1 is 0.857 bits per heavy atom. The smallest absolute Gasteiger partial charge is 0.170 e. The Hall–Kier alpha value is -2.82. The molecule has 0 aliphatic carbocycles. The number of aromatic nitrogens is 3. The van der Waals surface area contributed by atoms with Gasteiger partial charge in [0.05, 0.1) is 17.8 Å². The summed E-state index contributed by atoms with van der Waals surface area (Å²) < 4.78 is 7.46. The molecule has 0 atom stereocenters. The van der Waals surface area contributed by atoms with Gasteiger partial charge in [0, 0.05) is 10.6 Å². The lowest BCUT2D eigenvalue weighted by Crippen LogP contribution is -2.02. The van der Waals surface area contributed by atoms with Crippen LogP contribution in [0, 0.1) is 6.92 Å². The predicted molar refractivity (Wildman–Crippen MR) is 114 cm³/mol. The van der Waals surface area contributed by atoms with Crippen LogP contribution in [0.15, 0.2) is 66.7 Å². The molecular formula is C22H17Cl2N3O. The van der Waals surface area contributed by atoms with Crippen molar-refractivity contribution in [1.82, 2.24) is 14.8 Å². The van der Waals surface area contributed by atoms with E-state index in [2.05, 4.69) is 10.2 Å². The minimum absolute atomic E-state index is 0.584. The average molecular weight is 410 g/mol. The molecule has 140 valence electrons. The molecule has 28 heavy (non-hydrogen) atoms. The standard InChI is InChI=1S/C22H17Cl2N3O/c1-14-25-26-22(27(14)20-8-3-4-9-21(20)28-2)18-11-10-16(13-19(18)24)15-6-5-7-17(23)12-15/h3-13H,1-2H3. The number of aryl methyl sites for hydroxylation is 1. The summed E-state index contributed by atoms with van der Waals surface area (Å²) in [6.07, 6.45) is 0. The van der Waals surface area contributed by atoms with Crippen LogP contribution in [0.4, 0.5) is 0 Å². The summed E-state index contributed by atoms with van der Waals surface area (Å²) >= 11 is 12.8. The molecule has 0 saturated carbocycles. The topological polar surface area (TPSA) is 39.9 Å². The van der Waals surface area contributed by atoms with Gasteiger partial charge >= 0.3 is 0 Å². The van der Waals surface area contributed by atoms with Gasteiger partial charge in [-0.3, -0.25) is 4.57 Å². The van der Waals surface area contributed by atoms with E-state index in [1.807, 2.05) is 78.2 Å². The van der Waals surface area contributed by atoms with Crippen molar-refractivity contribution in [3.63, 3.8) is 0 Å². The van der Waals surface area contributed by atoms with Crippen LogP contribution in [0.25, 0.3) is 28.2 Å². The van der Waals surface area contributed by atoms with Crippen LogP contribution in [-0.4, -0.2) is 21.9 Å². The third kappa shape index (κ3) is 3.37. The summed E-state index contributed by atoms with van der Waals surface area (Å²) in [5.74, 6) is 2.14. The van der Waals surface area contributed by atoms with Gasteiger partial charge in [0.15, 0.2) is 5.82 Å². The molecule has 0 saturated heterocycles. The zero-order valence-corrected chi connectivity index (χ0v) is 16.9. The Morgan fingerprint density at radius 2 is 1.64 bits per heavy atom. The van der Waals surface area contributed by atoms with Gasteiger partial charge in [-0.15, -0.1) is 10.2 Å². The number of halogens is 2. The Morgan fingerprint density at radius 3 is 2.39 bits per heavy atom. The van der Waals surface area contributed by atoms with Gasteiger partial charge in [0.25, 0.3) is 0 Å². The van der Waals surface area contributed by atoms with Crippen molar-refractivity contribution in [2.45, 2.75) is 6.92 Å². The largest absolute Gasteiger partial charge is 0.495 e. The number of benzene rings is 3. The second-order valence-corrected chi connectivity index (χ2v) is 7.13. The monoisotopic (exact) mass is 409 g/mol. The lowest BCUT2D eigenvalue weighted by atomic mass is 10.0. The number of para-hydroxylation sites is 2. The second kappa shape index (κ2) is 7.66. The van der Waals surface area contributed by atoms with Crippen molar-refractivity contribution in [3.05, 3.63) is 82.6 Å². The molecule has 0 amide bonds. The summed E-state index contributed by atoms with van der Waals surface area (Å²) in [6, 6.07) is 21.3. The van der Waals surface area contributed by atoms with E-state index in [9.17, 15) is 0 Å². The van der Waals surface area contributed by atoms with Crippen molar-refractivity contribution in [3.8, 4) is 34.0 Å². The number of rotatable bonds is 4. The molecule has 0 aliphatic heterocycles. The highest BCUT2D eigenvalue weighted by Gasteiger charge is 2.18. The number of methoxy groups -OCH3 is 1. The number of nitrogens with zero attached hydrogens (tertiary/aromatic N) is 3. The molecule has 1 heterocycles. The molecule has 0 unspecified atom stereocenters. The van der Waals surface area contributed by atoms with E-state index in [1.54, 1.807) is 7.11 Å². The molecule has 0 N–H and O–H groups in total. The van der Waals surface area contributed by atoms with Crippen LogP contribution in [-0.2, 0) is 0 Å². The first kappa shape index (κ1) is 18.5. The highest BCUT2D eigenvalue weighted by Crippen LogP contribution is 2.35. The Kier molecular flexibility index (Phi) is 5.07. The van der Waals surface area contributed by atoms with Gasteiger partial charge in [-0.1, -0.05) is 53.5 Å². The van der Waals surface area contributed by atoms with E-state index in [0.29, 0.717) is 15.9 Å². The molecule has 1 aromatic heterocycles. The van der Waals surface area contributed by atoms with E-state index >= 15 is 0 Å². The van der Waals surface area contributed by atoms with Crippen molar-refractivity contribution >= 4 is 23.2 Å². The highest BCUT2D eigenvalue weighted by atomic mass is 35.5. The molecule has 0 bridgehead atoms. The third-order valence-corrected chi connectivity index (χ3v) is 5.07. The highest BCUT2D eigenvalue weighted by molar-refractivity contribution is 6.33. The predicted octanol–water partition coefficient (Wildman–Crippen LogP) is 6.23. The Labute approximate surface area is 173 Å². The maximum Gasteiger partial charge on any atom is 0.170 e. The summed E-state index contributed by atoms with van der Waals surface area (Å²) in [6.45, 7) is 1.90. The summed E-state index contributed by atoms with van der Waals surface area (Å²) in [5.41, 5.74) is 3.64. The van der Waals surface area contributed by atoms with E-state index in [4.69, 9.17) is 27.9 Å². The molecule has 0 radical (unpaired) electrons. The molecule has 4 nitrogen and oxygen atoms in total. The van der Waals surface area contributed by atoms with Crippen LogP contribution in [0.1, 0.15) is 5.82 Å². The summed E-state index contributed by atoms with van der Waals surface area (Å²) in [7, 11) is 1.64. The van der Waals surface area contributed by atoms with Gasteiger partial charge in [-0.05, 0) is 54.4 Å². The minimum Gasteiger partial charge on any atom is -0.495 e. The van der Waals surface area contributed by atoms with Crippen molar-refractivity contribution < 1.29 is 4.74 Å². The number of hydrogen-bond donors (Lipinski definition) is 0. The minimum atomic E-state index is 0.584. The van der Waals surface area contributed by atoms with E-state index in [0.717, 1.165) is 34.0 Å². The summed E-state index contributed by atoms with van der Waals surface area (Å²) in [4.78, 5) is 0. The maximum atomic E-state index is 6.65. The van der Waals surface area contributed by atoms with Crippen LogP contribution in [0.3, 0.4) is 0 Å². The molecule has 6 heteroatoms. The number of hydrogen-bond acceptors (Lipinski definition) is 3. The van der Waals surface area contributed by atoms with Gasteiger partial charge in [-0.25, -0.2) is 0 Å². The van der Waals surface area contributed by atoms with Gasteiger partial charge in [-0.2, -0.15) is 0 Å². The fourth-order valence-corrected chi connectivity index (χ4v) is 3.64. The number of ether oxygens (including phenoxy) is 1. The quantitative estimate of drug-likeness (QED) is 0.401. The molecule has 4 aromatic rings. The third-order valence-electron chi connectivity index (χ3n) is 4.52. The average Bonchev–Trinajstić information content (AvgIpc) is 3.08. The van der Waals surface area contributed by atoms with Crippen LogP contribution >= 0.6 is 23.2 Å². The Bertz CT molecular complexity index is 1150. The zero-order valence-electron chi connectivity index (χ0n) is 15.4. The van der Waals surface area contributed by atoms with Crippen molar-refractivity contribution in [1.29, 1.82) is 0 Å². The fraction of sp³-hybridized carbons (Fsp3) is 0.0909. The normalized spacial score (nSPS) is 10.9. The van der Waals surface area contributed by atoms with Crippen LogP contribution < -0.4 is 4.74 Å². The first-order valence-corrected chi connectivity index (χ1v) is 9.45. The molecule has 3 aromatic carbocycles.